The van der Waals surface area contributed by atoms with Crippen LogP contribution in [0.2, 0.25) is 5.02 Å². The second-order valence-corrected chi connectivity index (χ2v) is 6.41. The first kappa shape index (κ1) is 12.3. The standard InChI is InChI=1S/C13H17BrClN/c1-8-7-9-11(16(4)13(8,2)3)6-5-10(14)12(9)15/h5-6,8H,7H2,1-4H3. The van der Waals surface area contributed by atoms with Crippen molar-refractivity contribution in [3.05, 3.63) is 27.2 Å². The van der Waals surface area contributed by atoms with E-state index in [1.54, 1.807) is 0 Å². The summed E-state index contributed by atoms with van der Waals surface area (Å²) in [5.74, 6) is 0.594. The van der Waals surface area contributed by atoms with Gasteiger partial charge in [0.05, 0.1) is 5.02 Å². The summed E-state index contributed by atoms with van der Waals surface area (Å²) in [6, 6.07) is 4.18. The lowest BCUT2D eigenvalue weighted by Gasteiger charge is -2.47. The molecule has 1 aliphatic rings. The van der Waals surface area contributed by atoms with Crippen LogP contribution < -0.4 is 4.90 Å². The summed E-state index contributed by atoms with van der Waals surface area (Å²) in [5.41, 5.74) is 2.71. The summed E-state index contributed by atoms with van der Waals surface area (Å²) in [4.78, 5) is 2.34. The number of nitrogens with zero attached hydrogens (tertiary/aromatic N) is 1. The fourth-order valence-corrected chi connectivity index (χ4v) is 2.90. The molecule has 0 N–H and O–H groups in total. The fourth-order valence-electron chi connectivity index (χ4n) is 2.29. The lowest BCUT2D eigenvalue weighted by atomic mass is 9.78. The summed E-state index contributed by atoms with van der Waals surface area (Å²) >= 11 is 9.85. The highest BCUT2D eigenvalue weighted by molar-refractivity contribution is 9.10. The largest absolute Gasteiger partial charge is 0.369 e. The molecular weight excluding hydrogens is 286 g/mol. The molecule has 0 radical (unpaired) electrons. The molecule has 3 heteroatoms. The van der Waals surface area contributed by atoms with Crippen LogP contribution in [0.4, 0.5) is 5.69 Å². The van der Waals surface area contributed by atoms with Crippen LogP contribution in [0.1, 0.15) is 26.3 Å². The molecule has 0 spiro atoms. The lowest BCUT2D eigenvalue weighted by molar-refractivity contribution is 0.314. The molecule has 1 atom stereocenters. The number of benzene rings is 1. The molecular formula is C13H17BrClN. The average Bonchev–Trinajstić information content (AvgIpc) is 2.22. The molecule has 16 heavy (non-hydrogen) atoms. The number of hydrogen-bond acceptors (Lipinski definition) is 1. The van der Waals surface area contributed by atoms with Crippen LogP contribution in [-0.2, 0) is 6.42 Å². The van der Waals surface area contributed by atoms with Crippen molar-refractivity contribution in [1.82, 2.24) is 0 Å². The Labute approximate surface area is 111 Å². The third kappa shape index (κ3) is 1.67. The molecule has 0 aliphatic carbocycles. The molecule has 0 fully saturated rings. The van der Waals surface area contributed by atoms with Gasteiger partial charge in [-0.25, -0.2) is 0 Å². The molecule has 88 valence electrons. The van der Waals surface area contributed by atoms with E-state index in [1.807, 2.05) is 6.07 Å². The summed E-state index contributed by atoms with van der Waals surface area (Å²) in [7, 11) is 2.15. The van der Waals surface area contributed by atoms with Crippen molar-refractivity contribution in [2.45, 2.75) is 32.7 Å². The third-order valence-electron chi connectivity index (χ3n) is 4.11. The predicted molar refractivity (Wildman–Crippen MR) is 74.5 cm³/mol. The number of halogens is 2. The van der Waals surface area contributed by atoms with Crippen LogP contribution in [0.5, 0.6) is 0 Å². The van der Waals surface area contributed by atoms with E-state index in [-0.39, 0.29) is 5.54 Å². The second kappa shape index (κ2) is 3.92. The van der Waals surface area contributed by atoms with Gasteiger partial charge in [-0.05, 0) is 59.8 Å². The molecule has 0 amide bonds. The minimum absolute atomic E-state index is 0.185. The molecule has 1 aromatic carbocycles. The van der Waals surface area contributed by atoms with Crippen molar-refractivity contribution in [3.63, 3.8) is 0 Å². The van der Waals surface area contributed by atoms with Crippen LogP contribution >= 0.6 is 27.5 Å². The molecule has 1 aliphatic heterocycles. The number of anilines is 1. The molecule has 2 rings (SSSR count). The zero-order valence-electron chi connectivity index (χ0n) is 10.1. The van der Waals surface area contributed by atoms with Crippen molar-refractivity contribution in [2.24, 2.45) is 5.92 Å². The maximum absolute atomic E-state index is 6.36. The minimum Gasteiger partial charge on any atom is -0.369 e. The second-order valence-electron chi connectivity index (χ2n) is 5.18. The van der Waals surface area contributed by atoms with Gasteiger partial charge in [-0.1, -0.05) is 18.5 Å². The first-order valence-electron chi connectivity index (χ1n) is 5.56. The summed E-state index contributed by atoms with van der Waals surface area (Å²) in [6.07, 6.45) is 1.05. The number of hydrogen-bond donors (Lipinski definition) is 0. The van der Waals surface area contributed by atoms with Crippen molar-refractivity contribution >= 4 is 33.2 Å². The summed E-state index contributed by atoms with van der Waals surface area (Å²) < 4.78 is 0.994. The van der Waals surface area contributed by atoms with E-state index >= 15 is 0 Å². The van der Waals surface area contributed by atoms with Gasteiger partial charge in [0.1, 0.15) is 0 Å². The smallest absolute Gasteiger partial charge is 0.0600 e. The zero-order chi connectivity index (χ0) is 12.1. The Kier molecular flexibility index (Phi) is 3.00. The maximum atomic E-state index is 6.36. The van der Waals surface area contributed by atoms with E-state index in [2.05, 4.69) is 54.7 Å². The Balaban J connectivity index is 2.59. The van der Waals surface area contributed by atoms with E-state index in [4.69, 9.17) is 11.6 Å². The van der Waals surface area contributed by atoms with Gasteiger partial charge in [-0.2, -0.15) is 0 Å². The third-order valence-corrected chi connectivity index (χ3v) is 5.43. The Morgan fingerprint density at radius 2 is 2.06 bits per heavy atom. The van der Waals surface area contributed by atoms with E-state index in [9.17, 15) is 0 Å². The minimum atomic E-state index is 0.185. The normalized spacial score (nSPS) is 23.1. The molecule has 1 heterocycles. The zero-order valence-corrected chi connectivity index (χ0v) is 12.5. The SMILES string of the molecule is CC1Cc2c(ccc(Br)c2Cl)N(C)C1(C)C. The Bertz CT molecular complexity index is 428. The highest BCUT2D eigenvalue weighted by atomic mass is 79.9. The van der Waals surface area contributed by atoms with Gasteiger partial charge in [0.25, 0.3) is 0 Å². The number of rotatable bonds is 0. The van der Waals surface area contributed by atoms with Gasteiger partial charge in [0.2, 0.25) is 0 Å². The molecule has 0 saturated carbocycles. The van der Waals surface area contributed by atoms with Crippen molar-refractivity contribution in [1.29, 1.82) is 0 Å². The molecule has 0 saturated heterocycles. The van der Waals surface area contributed by atoms with Crippen LogP contribution in [-0.4, -0.2) is 12.6 Å². The van der Waals surface area contributed by atoms with Gasteiger partial charge in [-0.15, -0.1) is 0 Å². The van der Waals surface area contributed by atoms with Crippen LogP contribution in [0.15, 0.2) is 16.6 Å². The van der Waals surface area contributed by atoms with E-state index in [1.165, 1.54) is 11.3 Å². The lowest BCUT2D eigenvalue weighted by Crippen LogP contribution is -2.50. The van der Waals surface area contributed by atoms with Gasteiger partial charge < -0.3 is 4.90 Å². The molecule has 1 aromatic rings. The highest BCUT2D eigenvalue weighted by Crippen LogP contribution is 2.43. The predicted octanol–water partition coefficient (Wildman–Crippen LogP) is 4.51. The van der Waals surface area contributed by atoms with Crippen molar-refractivity contribution in [3.8, 4) is 0 Å². The monoisotopic (exact) mass is 301 g/mol. The summed E-state index contributed by atoms with van der Waals surface area (Å²) in [6.45, 7) is 6.86. The topological polar surface area (TPSA) is 3.24 Å². The summed E-state index contributed by atoms with van der Waals surface area (Å²) in [5, 5.41) is 0.867. The Hall–Kier alpha value is -0.210. The van der Waals surface area contributed by atoms with Crippen molar-refractivity contribution < 1.29 is 0 Å². The first-order chi connectivity index (χ1) is 7.35. The Morgan fingerprint density at radius 3 is 2.69 bits per heavy atom. The van der Waals surface area contributed by atoms with Crippen LogP contribution in [0.25, 0.3) is 0 Å². The van der Waals surface area contributed by atoms with Crippen molar-refractivity contribution in [2.75, 3.05) is 11.9 Å². The van der Waals surface area contributed by atoms with E-state index in [0.29, 0.717) is 5.92 Å². The molecule has 1 nitrogen and oxygen atoms in total. The van der Waals surface area contributed by atoms with E-state index in [0.717, 1.165) is 15.9 Å². The molecule has 0 aromatic heterocycles. The number of fused-ring (bicyclic) bond motifs is 1. The quantitative estimate of drug-likeness (QED) is 0.681. The van der Waals surface area contributed by atoms with E-state index < -0.39 is 0 Å². The van der Waals surface area contributed by atoms with Gasteiger partial charge in [0.15, 0.2) is 0 Å². The maximum Gasteiger partial charge on any atom is 0.0600 e. The van der Waals surface area contributed by atoms with Crippen LogP contribution in [0.3, 0.4) is 0 Å². The first-order valence-corrected chi connectivity index (χ1v) is 6.73. The molecule has 1 unspecified atom stereocenters. The average molecular weight is 303 g/mol. The highest BCUT2D eigenvalue weighted by Gasteiger charge is 2.37. The Morgan fingerprint density at radius 1 is 1.44 bits per heavy atom. The van der Waals surface area contributed by atoms with Gasteiger partial charge in [-0.3, -0.25) is 0 Å². The molecule has 0 bridgehead atoms. The van der Waals surface area contributed by atoms with Gasteiger partial charge in [0, 0.05) is 22.7 Å². The van der Waals surface area contributed by atoms with Gasteiger partial charge >= 0.3 is 0 Å². The van der Waals surface area contributed by atoms with Crippen LogP contribution in [0, 0.1) is 5.92 Å². The fraction of sp³-hybridized carbons (Fsp3) is 0.538.